The van der Waals surface area contributed by atoms with Crippen LogP contribution in [-0.4, -0.2) is 48.5 Å². The van der Waals surface area contributed by atoms with Crippen molar-refractivity contribution in [1.82, 2.24) is 15.5 Å². The molecule has 1 fully saturated rings. The van der Waals surface area contributed by atoms with E-state index in [1.54, 1.807) is 0 Å². The van der Waals surface area contributed by atoms with Gasteiger partial charge in [-0.2, -0.15) is 0 Å². The summed E-state index contributed by atoms with van der Waals surface area (Å²) in [5, 5.41) is 5.72. The molecule has 1 aliphatic rings. The van der Waals surface area contributed by atoms with Crippen molar-refractivity contribution in [3.05, 3.63) is 71.8 Å². The van der Waals surface area contributed by atoms with E-state index in [1.807, 2.05) is 48.2 Å². The molecule has 0 radical (unpaired) electrons. The van der Waals surface area contributed by atoms with E-state index in [0.29, 0.717) is 44.8 Å². The normalized spacial score (nSPS) is 14.6. The SMILES string of the molecule is CCCC(=O)NCCCC[C@@H](NC(=O)OCc1ccccc1)C(=O)N1CCC(Cc2ccccc2)CC1. The van der Waals surface area contributed by atoms with Crippen LogP contribution in [0, 0.1) is 5.92 Å². The maximum absolute atomic E-state index is 13.4. The van der Waals surface area contributed by atoms with Crippen LogP contribution < -0.4 is 10.6 Å². The van der Waals surface area contributed by atoms with Crippen LogP contribution in [0.1, 0.15) is 63.0 Å². The van der Waals surface area contributed by atoms with Gasteiger partial charge < -0.3 is 20.3 Å². The van der Waals surface area contributed by atoms with Gasteiger partial charge in [0.1, 0.15) is 12.6 Å². The fourth-order valence-electron chi connectivity index (χ4n) is 4.71. The number of amides is 3. The van der Waals surface area contributed by atoms with Crippen molar-refractivity contribution in [3.8, 4) is 0 Å². The lowest BCUT2D eigenvalue weighted by Crippen LogP contribution is -2.51. The molecule has 0 aliphatic carbocycles. The Hall–Kier alpha value is -3.35. The third-order valence-electron chi connectivity index (χ3n) is 6.82. The number of nitrogens with zero attached hydrogens (tertiary/aromatic N) is 1. The Balaban J connectivity index is 1.50. The first-order valence-corrected chi connectivity index (χ1v) is 13.6. The summed E-state index contributed by atoms with van der Waals surface area (Å²) in [6.07, 6.45) is 5.66. The third-order valence-corrected chi connectivity index (χ3v) is 6.82. The molecule has 0 bridgehead atoms. The van der Waals surface area contributed by atoms with Crippen molar-refractivity contribution in [3.63, 3.8) is 0 Å². The zero-order chi connectivity index (χ0) is 26.3. The molecule has 37 heavy (non-hydrogen) atoms. The van der Waals surface area contributed by atoms with Gasteiger partial charge in [0.25, 0.3) is 0 Å². The van der Waals surface area contributed by atoms with Gasteiger partial charge in [-0.05, 0) is 62.0 Å². The molecule has 0 spiro atoms. The van der Waals surface area contributed by atoms with Gasteiger partial charge in [0, 0.05) is 26.1 Å². The largest absolute Gasteiger partial charge is 0.445 e. The Morgan fingerprint density at radius 2 is 1.59 bits per heavy atom. The first kappa shape index (κ1) is 28.2. The number of carbonyl (C=O) groups excluding carboxylic acids is 3. The van der Waals surface area contributed by atoms with Crippen LogP contribution in [0.4, 0.5) is 4.79 Å². The number of unbranched alkanes of at least 4 members (excludes halogenated alkanes) is 1. The smallest absolute Gasteiger partial charge is 0.408 e. The summed E-state index contributed by atoms with van der Waals surface area (Å²) in [6.45, 7) is 4.09. The number of hydrogen-bond acceptors (Lipinski definition) is 4. The molecule has 0 unspecified atom stereocenters. The lowest BCUT2D eigenvalue weighted by atomic mass is 9.90. The van der Waals surface area contributed by atoms with Gasteiger partial charge in [-0.3, -0.25) is 9.59 Å². The lowest BCUT2D eigenvalue weighted by Gasteiger charge is -2.34. The summed E-state index contributed by atoms with van der Waals surface area (Å²) < 4.78 is 5.39. The standard InChI is InChI=1S/C30H41N3O4/c1-2-11-28(34)31-19-10-9-16-27(32-30(36)37-23-26-14-7-4-8-15-26)29(35)33-20-17-25(18-21-33)22-24-12-5-3-6-13-24/h3-8,12-15,25,27H,2,9-11,16-23H2,1H3,(H,31,34)(H,32,36)/t27-/m1/s1. The summed E-state index contributed by atoms with van der Waals surface area (Å²) in [5.74, 6) is 0.557. The maximum atomic E-state index is 13.4. The fourth-order valence-corrected chi connectivity index (χ4v) is 4.71. The molecule has 1 aliphatic heterocycles. The molecule has 1 saturated heterocycles. The Morgan fingerprint density at radius 3 is 2.24 bits per heavy atom. The second-order valence-corrected chi connectivity index (χ2v) is 9.81. The zero-order valence-corrected chi connectivity index (χ0v) is 22.0. The Labute approximate surface area is 221 Å². The van der Waals surface area contributed by atoms with E-state index in [4.69, 9.17) is 4.74 Å². The van der Waals surface area contributed by atoms with Crippen molar-refractivity contribution >= 4 is 17.9 Å². The summed E-state index contributed by atoms with van der Waals surface area (Å²) in [5.41, 5.74) is 2.22. The molecular formula is C30H41N3O4. The number of likely N-dealkylation sites (tertiary alicyclic amines) is 1. The van der Waals surface area contributed by atoms with Crippen LogP contribution in [0.5, 0.6) is 0 Å². The average Bonchev–Trinajstić information content (AvgIpc) is 2.92. The summed E-state index contributed by atoms with van der Waals surface area (Å²) in [4.78, 5) is 39.5. The molecule has 0 aromatic heterocycles. The summed E-state index contributed by atoms with van der Waals surface area (Å²) in [6, 6.07) is 19.3. The van der Waals surface area contributed by atoms with Gasteiger partial charge in [0.15, 0.2) is 0 Å². The Bertz CT molecular complexity index is 959. The van der Waals surface area contributed by atoms with Gasteiger partial charge in [0.2, 0.25) is 11.8 Å². The molecule has 1 heterocycles. The van der Waals surface area contributed by atoms with Crippen LogP contribution in [0.25, 0.3) is 0 Å². The topological polar surface area (TPSA) is 87.7 Å². The van der Waals surface area contributed by atoms with Gasteiger partial charge in [0.05, 0.1) is 0 Å². The van der Waals surface area contributed by atoms with Gasteiger partial charge in [-0.1, -0.05) is 67.6 Å². The number of nitrogens with one attached hydrogen (secondary N) is 2. The number of hydrogen-bond donors (Lipinski definition) is 2. The fraction of sp³-hybridized carbons (Fsp3) is 0.500. The molecular weight excluding hydrogens is 466 g/mol. The molecule has 3 amide bonds. The first-order valence-electron chi connectivity index (χ1n) is 13.6. The van der Waals surface area contributed by atoms with Crippen molar-refractivity contribution in [2.75, 3.05) is 19.6 Å². The maximum Gasteiger partial charge on any atom is 0.408 e. The van der Waals surface area contributed by atoms with Gasteiger partial charge >= 0.3 is 6.09 Å². The van der Waals surface area contributed by atoms with Crippen LogP contribution in [0.2, 0.25) is 0 Å². The van der Waals surface area contributed by atoms with Crippen molar-refractivity contribution in [1.29, 1.82) is 0 Å². The predicted molar refractivity (Wildman–Crippen MR) is 145 cm³/mol. The van der Waals surface area contributed by atoms with Crippen LogP contribution >= 0.6 is 0 Å². The minimum absolute atomic E-state index is 0.0511. The molecule has 2 aromatic carbocycles. The molecule has 2 aromatic rings. The number of ether oxygens (including phenoxy) is 1. The van der Waals surface area contributed by atoms with E-state index in [1.165, 1.54) is 5.56 Å². The van der Waals surface area contributed by atoms with E-state index in [9.17, 15) is 14.4 Å². The monoisotopic (exact) mass is 507 g/mol. The highest BCUT2D eigenvalue weighted by Gasteiger charge is 2.29. The van der Waals surface area contributed by atoms with E-state index in [-0.39, 0.29) is 18.4 Å². The van der Waals surface area contributed by atoms with E-state index in [2.05, 4.69) is 34.9 Å². The molecule has 1 atom stereocenters. The van der Waals surface area contributed by atoms with Crippen LogP contribution in [-0.2, 0) is 27.4 Å². The first-order chi connectivity index (χ1) is 18.0. The minimum Gasteiger partial charge on any atom is -0.445 e. The van der Waals surface area contributed by atoms with E-state index >= 15 is 0 Å². The number of carbonyl (C=O) groups is 3. The Morgan fingerprint density at radius 1 is 0.946 bits per heavy atom. The molecule has 7 heteroatoms. The van der Waals surface area contributed by atoms with Crippen molar-refractivity contribution < 1.29 is 19.1 Å². The molecule has 2 N–H and O–H groups in total. The number of rotatable bonds is 13. The van der Waals surface area contributed by atoms with Crippen molar-refractivity contribution in [2.24, 2.45) is 5.92 Å². The highest BCUT2D eigenvalue weighted by Crippen LogP contribution is 2.22. The summed E-state index contributed by atoms with van der Waals surface area (Å²) >= 11 is 0. The van der Waals surface area contributed by atoms with Gasteiger partial charge in [-0.15, -0.1) is 0 Å². The second-order valence-electron chi connectivity index (χ2n) is 9.81. The Kier molecular flexibility index (Phi) is 12.0. The van der Waals surface area contributed by atoms with Crippen LogP contribution in [0.3, 0.4) is 0 Å². The van der Waals surface area contributed by atoms with Crippen molar-refractivity contribution in [2.45, 2.75) is 70.9 Å². The third kappa shape index (κ3) is 10.3. The molecule has 3 rings (SSSR count). The molecule has 7 nitrogen and oxygen atoms in total. The number of piperidine rings is 1. The predicted octanol–water partition coefficient (Wildman–Crippen LogP) is 4.85. The molecule has 200 valence electrons. The quantitative estimate of drug-likeness (QED) is 0.380. The zero-order valence-electron chi connectivity index (χ0n) is 22.0. The highest BCUT2D eigenvalue weighted by molar-refractivity contribution is 5.85. The van der Waals surface area contributed by atoms with Gasteiger partial charge in [-0.25, -0.2) is 4.79 Å². The van der Waals surface area contributed by atoms with E-state index in [0.717, 1.165) is 37.7 Å². The highest BCUT2D eigenvalue weighted by atomic mass is 16.5. The van der Waals surface area contributed by atoms with E-state index < -0.39 is 12.1 Å². The minimum atomic E-state index is -0.639. The number of benzene rings is 2. The molecule has 0 saturated carbocycles. The van der Waals surface area contributed by atoms with Crippen LogP contribution in [0.15, 0.2) is 60.7 Å². The second kappa shape index (κ2) is 15.7. The number of alkyl carbamates (subject to hydrolysis) is 1. The lowest BCUT2D eigenvalue weighted by molar-refractivity contribution is -0.135. The average molecular weight is 508 g/mol. The summed E-state index contributed by atoms with van der Waals surface area (Å²) in [7, 11) is 0.